The van der Waals surface area contributed by atoms with E-state index in [-0.39, 0.29) is 5.91 Å². The van der Waals surface area contributed by atoms with Gasteiger partial charge in [0, 0.05) is 18.9 Å². The van der Waals surface area contributed by atoms with Crippen LogP contribution in [0, 0.1) is 5.82 Å². The molecule has 92 valence electrons. The number of nitrogens with zero attached hydrogens (tertiary/aromatic N) is 1. The Morgan fingerprint density at radius 1 is 1.28 bits per heavy atom. The summed E-state index contributed by atoms with van der Waals surface area (Å²) < 4.78 is 12.9. The molecule has 2 aromatic rings. The second kappa shape index (κ2) is 5.27. The molecule has 2 rings (SSSR count). The van der Waals surface area contributed by atoms with E-state index in [1.54, 1.807) is 25.2 Å². The molecule has 5 heteroatoms. The first kappa shape index (κ1) is 12.0. The van der Waals surface area contributed by atoms with Gasteiger partial charge in [0.15, 0.2) is 0 Å². The minimum absolute atomic E-state index is 0.323. The van der Waals surface area contributed by atoms with E-state index in [9.17, 15) is 9.18 Å². The van der Waals surface area contributed by atoms with E-state index >= 15 is 0 Å². The van der Waals surface area contributed by atoms with Crippen molar-refractivity contribution >= 4 is 17.4 Å². The summed E-state index contributed by atoms with van der Waals surface area (Å²) in [7, 11) is 1.74. The molecule has 4 nitrogen and oxygen atoms in total. The van der Waals surface area contributed by atoms with E-state index in [4.69, 9.17) is 0 Å². The summed E-state index contributed by atoms with van der Waals surface area (Å²) in [5.41, 5.74) is 0.830. The molecule has 2 N–H and O–H groups in total. The summed E-state index contributed by atoms with van der Waals surface area (Å²) >= 11 is 0. The van der Waals surface area contributed by atoms with E-state index < -0.39 is 5.82 Å². The fourth-order valence-corrected chi connectivity index (χ4v) is 1.45. The molecule has 18 heavy (non-hydrogen) atoms. The molecule has 0 aliphatic carbocycles. The van der Waals surface area contributed by atoms with Gasteiger partial charge in [-0.25, -0.2) is 9.37 Å². The summed E-state index contributed by atoms with van der Waals surface area (Å²) in [6.07, 6.45) is 1.46. The molecule has 1 amide bonds. The quantitative estimate of drug-likeness (QED) is 0.873. The van der Waals surface area contributed by atoms with Crippen molar-refractivity contribution in [2.45, 2.75) is 0 Å². The molecule has 0 bridgehead atoms. The van der Waals surface area contributed by atoms with Crippen molar-refractivity contribution in [3.05, 3.63) is 54.0 Å². The van der Waals surface area contributed by atoms with Crippen molar-refractivity contribution < 1.29 is 9.18 Å². The molecule has 1 aromatic carbocycles. The van der Waals surface area contributed by atoms with Crippen LogP contribution < -0.4 is 10.6 Å². The standard InChI is InChI=1S/C13H12FN3O/c1-15-12-6-5-9(8-16-12)13(18)17-11-4-2-3-10(14)7-11/h2-8H,1H3,(H,15,16)(H,17,18). The van der Waals surface area contributed by atoms with Crippen LogP contribution in [0.1, 0.15) is 10.4 Å². The normalized spacial score (nSPS) is 9.89. The molecule has 0 atom stereocenters. The molecular formula is C13H12FN3O. The number of anilines is 2. The topological polar surface area (TPSA) is 54.0 Å². The molecule has 0 fully saturated rings. The first-order chi connectivity index (χ1) is 8.69. The van der Waals surface area contributed by atoms with E-state index in [1.807, 2.05) is 0 Å². The zero-order chi connectivity index (χ0) is 13.0. The van der Waals surface area contributed by atoms with Gasteiger partial charge in [0.05, 0.1) is 5.56 Å². The maximum atomic E-state index is 12.9. The maximum Gasteiger partial charge on any atom is 0.257 e. The number of aromatic nitrogens is 1. The third kappa shape index (κ3) is 2.82. The van der Waals surface area contributed by atoms with Crippen LogP contribution in [0.25, 0.3) is 0 Å². The number of amides is 1. The third-order valence-corrected chi connectivity index (χ3v) is 2.36. The van der Waals surface area contributed by atoms with Crippen molar-refractivity contribution in [2.24, 2.45) is 0 Å². The van der Waals surface area contributed by atoms with Gasteiger partial charge in [-0.15, -0.1) is 0 Å². The highest BCUT2D eigenvalue weighted by Gasteiger charge is 2.06. The van der Waals surface area contributed by atoms with E-state index in [0.717, 1.165) is 0 Å². The van der Waals surface area contributed by atoms with Gasteiger partial charge >= 0.3 is 0 Å². The average molecular weight is 245 g/mol. The number of hydrogen-bond acceptors (Lipinski definition) is 3. The van der Waals surface area contributed by atoms with Crippen LogP contribution in [0.15, 0.2) is 42.6 Å². The highest BCUT2D eigenvalue weighted by molar-refractivity contribution is 6.04. The number of benzene rings is 1. The largest absolute Gasteiger partial charge is 0.373 e. The number of pyridine rings is 1. The summed E-state index contributed by atoms with van der Waals surface area (Å²) in [6, 6.07) is 9.07. The van der Waals surface area contributed by atoms with E-state index in [2.05, 4.69) is 15.6 Å². The van der Waals surface area contributed by atoms with Crippen LogP contribution in [0.3, 0.4) is 0 Å². The molecule has 0 saturated carbocycles. The first-order valence-corrected chi connectivity index (χ1v) is 5.40. The van der Waals surface area contributed by atoms with Gasteiger partial charge in [-0.3, -0.25) is 4.79 Å². The average Bonchev–Trinajstić information content (AvgIpc) is 2.39. The highest BCUT2D eigenvalue weighted by Crippen LogP contribution is 2.11. The Labute approximate surface area is 104 Å². The molecule has 0 saturated heterocycles. The van der Waals surface area contributed by atoms with Crippen molar-refractivity contribution in [1.82, 2.24) is 4.98 Å². The predicted octanol–water partition coefficient (Wildman–Crippen LogP) is 2.51. The lowest BCUT2D eigenvalue weighted by atomic mass is 10.2. The third-order valence-electron chi connectivity index (χ3n) is 2.36. The Hall–Kier alpha value is -2.43. The smallest absolute Gasteiger partial charge is 0.257 e. The zero-order valence-electron chi connectivity index (χ0n) is 9.77. The first-order valence-electron chi connectivity index (χ1n) is 5.40. The molecule has 0 aliphatic heterocycles. The van der Waals surface area contributed by atoms with Gasteiger partial charge in [-0.05, 0) is 30.3 Å². The number of hydrogen-bond donors (Lipinski definition) is 2. The zero-order valence-corrected chi connectivity index (χ0v) is 9.77. The van der Waals surface area contributed by atoms with Gasteiger partial charge in [0.2, 0.25) is 0 Å². The molecular weight excluding hydrogens is 233 g/mol. The Balaban J connectivity index is 2.11. The van der Waals surface area contributed by atoms with Crippen LogP contribution in [-0.2, 0) is 0 Å². The van der Waals surface area contributed by atoms with Crippen molar-refractivity contribution in [2.75, 3.05) is 17.7 Å². The lowest BCUT2D eigenvalue weighted by Gasteiger charge is -2.05. The Kier molecular flexibility index (Phi) is 3.52. The molecule has 0 aliphatic rings. The van der Waals surface area contributed by atoms with Gasteiger partial charge in [-0.1, -0.05) is 6.07 Å². The number of carbonyl (C=O) groups is 1. The number of rotatable bonds is 3. The molecule has 0 radical (unpaired) electrons. The minimum Gasteiger partial charge on any atom is -0.373 e. The summed E-state index contributed by atoms with van der Waals surface area (Å²) in [6.45, 7) is 0. The monoisotopic (exact) mass is 245 g/mol. The minimum atomic E-state index is -0.392. The SMILES string of the molecule is CNc1ccc(C(=O)Nc2cccc(F)c2)cn1. The number of carbonyl (C=O) groups excluding carboxylic acids is 1. The lowest BCUT2D eigenvalue weighted by molar-refractivity contribution is 0.102. The van der Waals surface area contributed by atoms with Crippen LogP contribution in [0.4, 0.5) is 15.9 Å². The Morgan fingerprint density at radius 2 is 2.11 bits per heavy atom. The summed E-state index contributed by atoms with van der Waals surface area (Å²) in [5, 5.41) is 5.46. The Morgan fingerprint density at radius 3 is 2.72 bits per heavy atom. The second-order valence-corrected chi connectivity index (χ2v) is 3.65. The van der Waals surface area contributed by atoms with Crippen molar-refractivity contribution in [3.63, 3.8) is 0 Å². The van der Waals surface area contributed by atoms with Gasteiger partial charge in [-0.2, -0.15) is 0 Å². The maximum absolute atomic E-state index is 12.9. The molecule has 0 spiro atoms. The van der Waals surface area contributed by atoms with E-state index in [0.29, 0.717) is 17.1 Å². The second-order valence-electron chi connectivity index (χ2n) is 3.65. The van der Waals surface area contributed by atoms with E-state index in [1.165, 1.54) is 24.4 Å². The van der Waals surface area contributed by atoms with Gasteiger partial charge < -0.3 is 10.6 Å². The number of nitrogens with one attached hydrogen (secondary N) is 2. The fourth-order valence-electron chi connectivity index (χ4n) is 1.45. The molecule has 0 unspecified atom stereocenters. The predicted molar refractivity (Wildman–Crippen MR) is 68.1 cm³/mol. The fraction of sp³-hybridized carbons (Fsp3) is 0.0769. The van der Waals surface area contributed by atoms with Crippen molar-refractivity contribution in [1.29, 1.82) is 0 Å². The van der Waals surface area contributed by atoms with Gasteiger partial charge in [0.1, 0.15) is 11.6 Å². The lowest BCUT2D eigenvalue weighted by Crippen LogP contribution is -2.12. The van der Waals surface area contributed by atoms with Crippen LogP contribution in [-0.4, -0.2) is 17.9 Å². The Bertz CT molecular complexity index is 554. The van der Waals surface area contributed by atoms with Crippen LogP contribution in [0.5, 0.6) is 0 Å². The van der Waals surface area contributed by atoms with Crippen LogP contribution >= 0.6 is 0 Å². The molecule has 1 heterocycles. The van der Waals surface area contributed by atoms with Gasteiger partial charge in [0.25, 0.3) is 5.91 Å². The molecule has 1 aromatic heterocycles. The van der Waals surface area contributed by atoms with Crippen LogP contribution in [0.2, 0.25) is 0 Å². The highest BCUT2D eigenvalue weighted by atomic mass is 19.1. The van der Waals surface area contributed by atoms with Crippen molar-refractivity contribution in [3.8, 4) is 0 Å². The number of halogens is 1. The summed E-state index contributed by atoms with van der Waals surface area (Å²) in [4.78, 5) is 15.9. The summed E-state index contributed by atoms with van der Waals surface area (Å²) in [5.74, 6) is -0.0375.